The van der Waals surface area contributed by atoms with E-state index >= 15 is 0 Å². The van der Waals surface area contributed by atoms with Gasteiger partial charge in [-0.15, -0.1) is 0 Å². The number of carbonyl (C=O) groups excluding carboxylic acids is 3. The van der Waals surface area contributed by atoms with Gasteiger partial charge in [-0.25, -0.2) is 0 Å². The lowest BCUT2D eigenvalue weighted by Crippen LogP contribution is -2.42. The Kier molecular flexibility index (Phi) is 23.5. The first kappa shape index (κ1) is 37.9. The van der Waals surface area contributed by atoms with Crippen LogP contribution in [0.5, 0.6) is 0 Å². The lowest BCUT2D eigenvalue weighted by atomic mass is 9.92. The minimum Gasteiger partial charge on any atom is -0.381 e. The summed E-state index contributed by atoms with van der Waals surface area (Å²) in [7, 11) is 0. The fourth-order valence-corrected chi connectivity index (χ4v) is 5.67. The van der Waals surface area contributed by atoms with Crippen LogP contribution in [0.25, 0.3) is 0 Å². The van der Waals surface area contributed by atoms with Gasteiger partial charge in [0.15, 0.2) is 0 Å². The first-order valence-electron chi connectivity index (χ1n) is 13.7. The molecule has 0 heterocycles. The van der Waals surface area contributed by atoms with Crippen molar-refractivity contribution in [3.63, 3.8) is 0 Å². The lowest BCUT2D eigenvalue weighted by Gasteiger charge is -2.33. The molecule has 0 spiro atoms. The van der Waals surface area contributed by atoms with E-state index in [1.54, 1.807) is 56.1 Å². The molecule has 3 atom stereocenters. The summed E-state index contributed by atoms with van der Waals surface area (Å²) in [5, 5.41) is 0.0473. The molecule has 0 bridgehead atoms. The van der Waals surface area contributed by atoms with Crippen LogP contribution in [-0.2, 0) is 33.3 Å². The van der Waals surface area contributed by atoms with Crippen LogP contribution in [0.4, 0.5) is 0 Å². The summed E-state index contributed by atoms with van der Waals surface area (Å²) in [5.74, 6) is 3.22. The van der Waals surface area contributed by atoms with E-state index < -0.39 is 5.41 Å². The van der Waals surface area contributed by atoms with Gasteiger partial charge in [-0.3, -0.25) is 14.4 Å². The molecular formula is C28H52O7S3. The Morgan fingerprint density at radius 2 is 0.868 bits per heavy atom. The maximum Gasteiger partial charge on any atom is 0.142 e. The van der Waals surface area contributed by atoms with Gasteiger partial charge in [0.05, 0.1) is 47.6 Å². The Labute approximate surface area is 244 Å². The second-order valence-electron chi connectivity index (χ2n) is 9.73. The Balaban J connectivity index is 4.79. The molecular weight excluding hydrogens is 545 g/mol. The van der Waals surface area contributed by atoms with Crippen LogP contribution >= 0.6 is 35.3 Å². The molecule has 0 aliphatic heterocycles. The fraction of sp³-hybridized carbons (Fsp3) is 0.893. The van der Waals surface area contributed by atoms with Gasteiger partial charge in [-0.2, -0.15) is 35.3 Å². The molecule has 7 nitrogen and oxygen atoms in total. The van der Waals surface area contributed by atoms with Crippen molar-refractivity contribution in [1.82, 2.24) is 0 Å². The number of Topliss-reactive ketones (excluding diaryl/α,β-unsaturated/α-hetero) is 3. The molecule has 38 heavy (non-hydrogen) atoms. The number of ketones is 3. The highest BCUT2D eigenvalue weighted by Gasteiger charge is 2.32. The number of hydrogen-bond donors (Lipinski definition) is 0. The second kappa shape index (κ2) is 23.6. The third kappa shape index (κ3) is 19.9. The van der Waals surface area contributed by atoms with E-state index in [0.717, 1.165) is 36.5 Å². The Bertz CT molecular complexity index is 569. The normalized spacial score (nSPS) is 15.6. The number of thioether (sulfide) groups is 3. The van der Waals surface area contributed by atoms with Crippen LogP contribution in [0, 0.1) is 5.41 Å². The van der Waals surface area contributed by atoms with Gasteiger partial charge in [0.25, 0.3) is 0 Å². The monoisotopic (exact) mass is 596 g/mol. The van der Waals surface area contributed by atoms with Crippen molar-refractivity contribution in [2.75, 3.05) is 70.1 Å². The van der Waals surface area contributed by atoms with Crippen molar-refractivity contribution in [2.45, 2.75) is 83.5 Å². The first-order chi connectivity index (χ1) is 18.0. The van der Waals surface area contributed by atoms with Crippen LogP contribution in [-0.4, -0.2) is 103 Å². The molecule has 0 aromatic carbocycles. The van der Waals surface area contributed by atoms with Gasteiger partial charge < -0.3 is 18.9 Å². The van der Waals surface area contributed by atoms with Gasteiger partial charge in [0, 0.05) is 26.4 Å². The van der Waals surface area contributed by atoms with Crippen molar-refractivity contribution >= 4 is 52.6 Å². The van der Waals surface area contributed by atoms with Gasteiger partial charge in [-0.1, -0.05) is 0 Å². The molecule has 0 aliphatic carbocycles. The summed E-state index contributed by atoms with van der Waals surface area (Å²) >= 11 is 4.97. The fourth-order valence-electron chi connectivity index (χ4n) is 3.05. The van der Waals surface area contributed by atoms with Crippen LogP contribution < -0.4 is 0 Å². The predicted octanol–water partition coefficient (Wildman–Crippen LogP) is 5.36. The summed E-state index contributed by atoms with van der Waals surface area (Å²) in [4.78, 5) is 34.3. The summed E-state index contributed by atoms with van der Waals surface area (Å²) in [5.41, 5.74) is -0.421. The maximum atomic E-state index is 11.4. The topological polar surface area (TPSA) is 88.1 Å². The summed E-state index contributed by atoms with van der Waals surface area (Å²) < 4.78 is 24.1. The standard InChI is InChI=1S/C28H52O7S3/c1-8-32-18-28(19-33-12-9-15-36-25(5)22(2)29,20-34-13-10-16-37-26(6)23(3)30)21-35-14-11-17-38-27(7)24(4)31/h25-27H,8-21H2,1-7H3. The molecule has 0 rings (SSSR count). The van der Waals surface area contributed by atoms with E-state index in [4.69, 9.17) is 18.9 Å². The third-order valence-electron chi connectivity index (χ3n) is 5.96. The third-order valence-corrected chi connectivity index (χ3v) is 10.0. The van der Waals surface area contributed by atoms with E-state index in [2.05, 4.69) is 0 Å². The zero-order chi connectivity index (χ0) is 28.8. The number of carbonyl (C=O) groups is 3. The molecule has 0 saturated heterocycles. The average Bonchev–Trinajstić information content (AvgIpc) is 2.87. The van der Waals surface area contributed by atoms with Crippen molar-refractivity contribution in [3.05, 3.63) is 0 Å². The summed E-state index contributed by atoms with van der Waals surface area (Å²) in [6, 6.07) is 0. The zero-order valence-corrected chi connectivity index (χ0v) is 27.2. The largest absolute Gasteiger partial charge is 0.381 e. The van der Waals surface area contributed by atoms with Gasteiger partial charge in [-0.05, 0) is 85.0 Å². The van der Waals surface area contributed by atoms with E-state index in [1.807, 2.05) is 27.7 Å². The Morgan fingerprint density at radius 1 is 0.579 bits per heavy atom. The smallest absolute Gasteiger partial charge is 0.142 e. The highest BCUT2D eigenvalue weighted by Crippen LogP contribution is 2.22. The summed E-state index contributed by atoms with van der Waals surface area (Å²) in [6.07, 6.45) is 2.60. The van der Waals surface area contributed by atoms with Gasteiger partial charge in [0.2, 0.25) is 0 Å². The molecule has 0 aromatic rings. The van der Waals surface area contributed by atoms with Crippen molar-refractivity contribution in [2.24, 2.45) is 5.41 Å². The average molecular weight is 597 g/mol. The highest BCUT2D eigenvalue weighted by atomic mass is 32.2. The molecule has 10 heteroatoms. The number of rotatable bonds is 27. The van der Waals surface area contributed by atoms with Crippen LogP contribution in [0.2, 0.25) is 0 Å². The minimum atomic E-state index is -0.421. The van der Waals surface area contributed by atoms with Crippen LogP contribution in [0.3, 0.4) is 0 Å². The molecule has 3 unspecified atom stereocenters. The van der Waals surface area contributed by atoms with E-state index in [9.17, 15) is 14.4 Å². The van der Waals surface area contributed by atoms with Crippen LogP contribution in [0.1, 0.15) is 67.7 Å². The Morgan fingerprint density at radius 3 is 1.13 bits per heavy atom. The van der Waals surface area contributed by atoms with Crippen LogP contribution in [0.15, 0.2) is 0 Å². The number of hydrogen-bond acceptors (Lipinski definition) is 10. The molecule has 0 aromatic heterocycles. The van der Waals surface area contributed by atoms with E-state index in [1.165, 1.54) is 0 Å². The lowest BCUT2D eigenvalue weighted by molar-refractivity contribution is -0.117. The van der Waals surface area contributed by atoms with Gasteiger partial charge in [0.1, 0.15) is 17.3 Å². The molecule has 0 saturated carbocycles. The van der Waals surface area contributed by atoms with Gasteiger partial charge >= 0.3 is 0 Å². The molecule has 0 fully saturated rings. The van der Waals surface area contributed by atoms with E-state index in [-0.39, 0.29) is 33.1 Å². The molecule has 0 radical (unpaired) electrons. The zero-order valence-electron chi connectivity index (χ0n) is 24.7. The SMILES string of the molecule is CCOCC(COCCCSC(C)C(C)=O)(COCCCSC(C)C(C)=O)COCCCSC(C)C(C)=O. The predicted molar refractivity (Wildman–Crippen MR) is 163 cm³/mol. The summed E-state index contributed by atoms with van der Waals surface area (Å²) in [6.45, 7) is 16.9. The first-order valence-corrected chi connectivity index (χ1v) is 16.9. The highest BCUT2D eigenvalue weighted by molar-refractivity contribution is 8.01. The molecule has 224 valence electrons. The van der Waals surface area contributed by atoms with Crippen molar-refractivity contribution in [3.8, 4) is 0 Å². The molecule has 0 amide bonds. The van der Waals surface area contributed by atoms with E-state index in [0.29, 0.717) is 52.9 Å². The minimum absolute atomic E-state index is 0.0158. The molecule has 0 N–H and O–H groups in total. The van der Waals surface area contributed by atoms with Crippen molar-refractivity contribution in [1.29, 1.82) is 0 Å². The second-order valence-corrected chi connectivity index (χ2v) is 14.1. The maximum absolute atomic E-state index is 11.4. The Hall–Kier alpha value is -0.100. The quantitative estimate of drug-likeness (QED) is 0.115. The number of ether oxygens (including phenoxy) is 4. The van der Waals surface area contributed by atoms with Crippen molar-refractivity contribution < 1.29 is 33.3 Å². The molecule has 0 aliphatic rings.